The van der Waals surface area contributed by atoms with Crippen LogP contribution in [0.1, 0.15) is 17.4 Å². The molecule has 0 aliphatic carbocycles. The molecule has 1 fully saturated rings. The van der Waals surface area contributed by atoms with Crippen LogP contribution < -0.4 is 0 Å². The topological polar surface area (TPSA) is 12.5 Å². The Kier molecular flexibility index (Phi) is 4.77. The van der Waals surface area contributed by atoms with E-state index in [-0.39, 0.29) is 11.2 Å². The Hall–Kier alpha value is -0.640. The molecule has 0 saturated carbocycles. The zero-order valence-corrected chi connectivity index (χ0v) is 10.5. The Morgan fingerprint density at radius 1 is 1.29 bits per heavy atom. The lowest BCUT2D eigenvalue weighted by atomic mass is 10.1. The number of halogens is 2. The van der Waals surface area contributed by atoms with Gasteiger partial charge in [-0.15, -0.1) is 11.6 Å². The molecule has 94 valence electrons. The van der Waals surface area contributed by atoms with Crippen LogP contribution >= 0.6 is 11.6 Å². The number of morpholine rings is 1. The van der Waals surface area contributed by atoms with Gasteiger partial charge in [-0.3, -0.25) is 4.90 Å². The van der Waals surface area contributed by atoms with Crippen molar-refractivity contribution in [2.45, 2.75) is 11.8 Å². The molecule has 1 aromatic rings. The van der Waals surface area contributed by atoms with Crippen LogP contribution in [-0.2, 0) is 4.74 Å². The van der Waals surface area contributed by atoms with Gasteiger partial charge in [-0.25, -0.2) is 4.39 Å². The highest BCUT2D eigenvalue weighted by Crippen LogP contribution is 2.26. The quantitative estimate of drug-likeness (QED) is 0.769. The number of benzene rings is 1. The van der Waals surface area contributed by atoms with Crippen molar-refractivity contribution in [2.75, 3.05) is 32.8 Å². The molecule has 2 rings (SSSR count). The van der Waals surface area contributed by atoms with E-state index in [1.807, 2.05) is 6.07 Å². The first-order valence-electron chi connectivity index (χ1n) is 5.96. The van der Waals surface area contributed by atoms with Gasteiger partial charge in [0, 0.05) is 25.2 Å². The minimum Gasteiger partial charge on any atom is -0.379 e. The van der Waals surface area contributed by atoms with Crippen molar-refractivity contribution in [1.29, 1.82) is 0 Å². The molecule has 0 N–H and O–H groups in total. The van der Waals surface area contributed by atoms with E-state index in [0.29, 0.717) is 5.56 Å². The molecule has 17 heavy (non-hydrogen) atoms. The maximum Gasteiger partial charge on any atom is 0.127 e. The van der Waals surface area contributed by atoms with Crippen LogP contribution in [0, 0.1) is 5.82 Å². The Balaban J connectivity index is 1.84. The molecule has 4 heteroatoms. The van der Waals surface area contributed by atoms with Gasteiger partial charge in [0.2, 0.25) is 0 Å². The van der Waals surface area contributed by atoms with Crippen molar-refractivity contribution in [2.24, 2.45) is 0 Å². The van der Waals surface area contributed by atoms with E-state index < -0.39 is 0 Å². The second-order valence-electron chi connectivity index (χ2n) is 4.23. The van der Waals surface area contributed by atoms with E-state index in [4.69, 9.17) is 16.3 Å². The van der Waals surface area contributed by atoms with E-state index in [1.54, 1.807) is 12.1 Å². The first-order valence-corrected chi connectivity index (χ1v) is 6.39. The minimum atomic E-state index is -0.251. The Labute approximate surface area is 106 Å². The Morgan fingerprint density at radius 2 is 2.00 bits per heavy atom. The highest BCUT2D eigenvalue weighted by atomic mass is 35.5. The van der Waals surface area contributed by atoms with E-state index in [1.165, 1.54) is 6.07 Å². The predicted molar refractivity (Wildman–Crippen MR) is 66.9 cm³/mol. The Bertz CT molecular complexity index is 355. The molecule has 0 aromatic heterocycles. The van der Waals surface area contributed by atoms with Gasteiger partial charge in [0.05, 0.1) is 18.6 Å². The largest absolute Gasteiger partial charge is 0.379 e. The molecular weight excluding hydrogens is 241 g/mol. The summed E-state index contributed by atoms with van der Waals surface area (Å²) in [5.74, 6) is -0.213. The van der Waals surface area contributed by atoms with Crippen LogP contribution in [0.15, 0.2) is 24.3 Å². The van der Waals surface area contributed by atoms with E-state index in [9.17, 15) is 4.39 Å². The first-order chi connectivity index (χ1) is 8.27. The molecule has 0 bridgehead atoms. The summed E-state index contributed by atoms with van der Waals surface area (Å²) in [6, 6.07) is 6.72. The number of nitrogens with zero attached hydrogens (tertiary/aromatic N) is 1. The summed E-state index contributed by atoms with van der Waals surface area (Å²) in [6.45, 7) is 4.35. The number of rotatable bonds is 4. The highest BCUT2D eigenvalue weighted by Gasteiger charge is 2.15. The molecule has 1 heterocycles. The SMILES string of the molecule is Fc1ccccc1C(Cl)CCN1CCOCC1. The highest BCUT2D eigenvalue weighted by molar-refractivity contribution is 6.20. The third-order valence-electron chi connectivity index (χ3n) is 3.05. The molecule has 1 unspecified atom stereocenters. The minimum absolute atomic E-state index is 0.213. The van der Waals surface area contributed by atoms with Crippen LogP contribution in [0.3, 0.4) is 0 Å². The molecule has 1 atom stereocenters. The van der Waals surface area contributed by atoms with Crippen LogP contribution in [0.4, 0.5) is 4.39 Å². The van der Waals surface area contributed by atoms with Gasteiger partial charge in [0.15, 0.2) is 0 Å². The predicted octanol–water partition coefficient (Wildman–Crippen LogP) is 2.83. The smallest absolute Gasteiger partial charge is 0.127 e. The van der Waals surface area contributed by atoms with Crippen molar-refractivity contribution >= 4 is 11.6 Å². The maximum atomic E-state index is 13.5. The molecular formula is C13H17ClFNO. The molecule has 2 nitrogen and oxygen atoms in total. The normalized spacial score (nSPS) is 19.2. The maximum absolute atomic E-state index is 13.5. The van der Waals surface area contributed by atoms with Crippen molar-refractivity contribution < 1.29 is 9.13 Å². The summed E-state index contributed by atoms with van der Waals surface area (Å²) in [7, 11) is 0. The summed E-state index contributed by atoms with van der Waals surface area (Å²) < 4.78 is 18.8. The molecule has 1 aliphatic heterocycles. The molecule has 1 aliphatic rings. The average molecular weight is 258 g/mol. The molecule has 1 aromatic carbocycles. The third-order valence-corrected chi connectivity index (χ3v) is 3.50. The van der Waals surface area contributed by atoms with Gasteiger partial charge >= 0.3 is 0 Å². The summed E-state index contributed by atoms with van der Waals surface area (Å²) in [5, 5.41) is -0.251. The number of hydrogen-bond donors (Lipinski definition) is 0. The van der Waals surface area contributed by atoms with Crippen molar-refractivity contribution in [1.82, 2.24) is 4.90 Å². The van der Waals surface area contributed by atoms with Gasteiger partial charge < -0.3 is 4.74 Å². The van der Waals surface area contributed by atoms with E-state index in [0.717, 1.165) is 39.3 Å². The van der Waals surface area contributed by atoms with Crippen molar-refractivity contribution in [3.05, 3.63) is 35.6 Å². The second kappa shape index (κ2) is 6.34. The zero-order valence-electron chi connectivity index (χ0n) is 9.74. The molecule has 0 radical (unpaired) electrons. The lowest BCUT2D eigenvalue weighted by Crippen LogP contribution is -2.37. The monoisotopic (exact) mass is 257 g/mol. The number of hydrogen-bond acceptors (Lipinski definition) is 2. The van der Waals surface area contributed by atoms with Crippen LogP contribution in [0.25, 0.3) is 0 Å². The lowest BCUT2D eigenvalue weighted by Gasteiger charge is -2.27. The van der Waals surface area contributed by atoms with Gasteiger partial charge in [0.1, 0.15) is 5.82 Å². The Morgan fingerprint density at radius 3 is 2.71 bits per heavy atom. The first kappa shape index (κ1) is 12.8. The third kappa shape index (κ3) is 3.66. The van der Waals surface area contributed by atoms with Gasteiger partial charge in [-0.05, 0) is 12.5 Å². The zero-order chi connectivity index (χ0) is 12.1. The standard InChI is InChI=1S/C13H17ClFNO/c14-12(11-3-1-2-4-13(11)15)5-6-16-7-9-17-10-8-16/h1-4,12H,5-10H2. The van der Waals surface area contributed by atoms with Crippen LogP contribution in [-0.4, -0.2) is 37.7 Å². The summed E-state index contributed by atoms with van der Waals surface area (Å²) in [4.78, 5) is 2.31. The van der Waals surface area contributed by atoms with E-state index >= 15 is 0 Å². The van der Waals surface area contributed by atoms with Gasteiger partial charge in [-0.2, -0.15) is 0 Å². The molecule has 0 amide bonds. The fourth-order valence-corrected chi connectivity index (χ4v) is 2.28. The van der Waals surface area contributed by atoms with E-state index in [2.05, 4.69) is 4.90 Å². The number of ether oxygens (including phenoxy) is 1. The molecule has 1 saturated heterocycles. The number of alkyl halides is 1. The summed E-state index contributed by atoms with van der Waals surface area (Å²) in [6.07, 6.45) is 0.766. The second-order valence-corrected chi connectivity index (χ2v) is 4.76. The van der Waals surface area contributed by atoms with Gasteiger partial charge in [0.25, 0.3) is 0 Å². The molecule has 0 spiro atoms. The average Bonchev–Trinajstić information content (AvgIpc) is 2.38. The van der Waals surface area contributed by atoms with Crippen molar-refractivity contribution in [3.63, 3.8) is 0 Å². The summed E-state index contributed by atoms with van der Waals surface area (Å²) >= 11 is 6.23. The van der Waals surface area contributed by atoms with Crippen molar-refractivity contribution in [3.8, 4) is 0 Å². The van der Waals surface area contributed by atoms with Gasteiger partial charge in [-0.1, -0.05) is 18.2 Å². The fraction of sp³-hybridized carbons (Fsp3) is 0.538. The van der Waals surface area contributed by atoms with Crippen LogP contribution in [0.5, 0.6) is 0 Å². The van der Waals surface area contributed by atoms with Crippen LogP contribution in [0.2, 0.25) is 0 Å². The fourth-order valence-electron chi connectivity index (χ4n) is 2.01. The lowest BCUT2D eigenvalue weighted by molar-refractivity contribution is 0.0373. The summed E-state index contributed by atoms with van der Waals surface area (Å²) in [5.41, 5.74) is 0.599.